The number of carboxylic acid groups (broad SMARTS) is 1. The van der Waals surface area contributed by atoms with E-state index in [-0.39, 0.29) is 31.0 Å². The monoisotopic (exact) mass is 128 g/mol. The molecule has 0 aliphatic heterocycles. The van der Waals surface area contributed by atoms with E-state index in [0.717, 1.165) is 6.42 Å². The molecule has 0 radical (unpaired) electrons. The summed E-state index contributed by atoms with van der Waals surface area (Å²) >= 11 is 0. The molecule has 0 saturated carbocycles. The molecule has 0 heterocycles. The van der Waals surface area contributed by atoms with Crippen molar-refractivity contribution < 1.29 is 45.6 Å². The fourth-order valence-electron chi connectivity index (χ4n) is 0.189. The molecule has 44 valence electrons. The minimum Gasteiger partial charge on any atom is -1.00 e. The summed E-state index contributed by atoms with van der Waals surface area (Å²) in [5.74, 6) is 0. The van der Waals surface area contributed by atoms with Gasteiger partial charge in [-0.1, -0.05) is 6.92 Å². The van der Waals surface area contributed by atoms with E-state index in [9.17, 15) is 4.79 Å². The van der Waals surface area contributed by atoms with Crippen LogP contribution in [0.5, 0.6) is 0 Å². The molecular formula is C4H9NaO3. The first-order chi connectivity index (χ1) is 3.27. The normalized spacial score (nSPS) is 7.12. The quantitative estimate of drug-likeness (QED) is 0.353. The fourth-order valence-corrected chi connectivity index (χ4v) is 0.189. The summed E-state index contributed by atoms with van der Waals surface area (Å²) in [5.41, 5.74) is 0. The molecule has 0 bridgehead atoms. The smallest absolute Gasteiger partial charge is 1.00 e. The minimum atomic E-state index is -1.19. The van der Waals surface area contributed by atoms with Crippen molar-refractivity contribution in [3.63, 3.8) is 0 Å². The Balaban J connectivity index is -0.000000180. The molecule has 0 saturated heterocycles. The van der Waals surface area contributed by atoms with Gasteiger partial charge in [0.25, 0.3) is 0 Å². The van der Waals surface area contributed by atoms with Gasteiger partial charge in [-0.2, -0.15) is 0 Å². The molecule has 0 fully saturated rings. The van der Waals surface area contributed by atoms with Gasteiger partial charge in [0.05, 0.1) is 6.61 Å². The van der Waals surface area contributed by atoms with E-state index in [1.54, 1.807) is 0 Å². The first-order valence-corrected chi connectivity index (χ1v) is 2.13. The number of ether oxygens (including phenoxy) is 1. The third-order valence-electron chi connectivity index (χ3n) is 0.430. The number of hydrogen-bond acceptors (Lipinski definition) is 2. The van der Waals surface area contributed by atoms with Crippen LogP contribution in [0.1, 0.15) is 14.8 Å². The van der Waals surface area contributed by atoms with E-state index < -0.39 is 6.16 Å². The molecule has 0 amide bonds. The topological polar surface area (TPSA) is 46.5 Å². The van der Waals surface area contributed by atoms with Crippen molar-refractivity contribution in [1.82, 2.24) is 0 Å². The van der Waals surface area contributed by atoms with Crippen LogP contribution in [-0.4, -0.2) is 17.9 Å². The Hall–Kier alpha value is 0.270. The third kappa shape index (κ3) is 9.55. The van der Waals surface area contributed by atoms with E-state index >= 15 is 0 Å². The zero-order valence-corrected chi connectivity index (χ0v) is 7.18. The zero-order chi connectivity index (χ0) is 5.70. The van der Waals surface area contributed by atoms with Gasteiger partial charge >= 0.3 is 35.7 Å². The van der Waals surface area contributed by atoms with E-state index in [1.165, 1.54) is 0 Å². The van der Waals surface area contributed by atoms with Crippen LogP contribution in [0, 0.1) is 0 Å². The van der Waals surface area contributed by atoms with Gasteiger partial charge in [-0.15, -0.1) is 0 Å². The molecule has 0 atom stereocenters. The summed E-state index contributed by atoms with van der Waals surface area (Å²) in [5, 5.41) is 7.82. The molecule has 1 N–H and O–H groups in total. The molecule has 0 unspecified atom stereocenters. The van der Waals surface area contributed by atoms with Gasteiger partial charge in [-0.05, 0) is 6.42 Å². The van der Waals surface area contributed by atoms with Crippen LogP contribution >= 0.6 is 0 Å². The van der Waals surface area contributed by atoms with E-state index in [1.807, 2.05) is 6.92 Å². The second kappa shape index (κ2) is 7.27. The van der Waals surface area contributed by atoms with Crippen LogP contribution in [0.3, 0.4) is 0 Å². The maximum atomic E-state index is 9.54. The first-order valence-electron chi connectivity index (χ1n) is 2.13. The molecule has 0 spiro atoms. The van der Waals surface area contributed by atoms with Crippen LogP contribution in [0.25, 0.3) is 0 Å². The maximum Gasteiger partial charge on any atom is 1.00 e. The van der Waals surface area contributed by atoms with Crippen molar-refractivity contribution in [3.8, 4) is 0 Å². The summed E-state index contributed by atoms with van der Waals surface area (Å²) in [6.07, 6.45) is -0.450. The van der Waals surface area contributed by atoms with Crippen molar-refractivity contribution in [2.45, 2.75) is 13.3 Å². The number of hydrogen-bond donors (Lipinski definition) is 1. The zero-order valence-electron chi connectivity index (χ0n) is 6.18. The molecule has 0 aliphatic rings. The second-order valence-corrected chi connectivity index (χ2v) is 1.11. The SMILES string of the molecule is CCCOC(=O)O.[H-].[Na+]. The Morgan fingerprint density at radius 1 is 1.88 bits per heavy atom. The first kappa shape index (κ1) is 11.1. The van der Waals surface area contributed by atoms with Crippen molar-refractivity contribution in [2.75, 3.05) is 6.61 Å². The Bertz CT molecular complexity index is 68.8. The largest absolute Gasteiger partial charge is 1.00 e. The predicted molar refractivity (Wildman–Crippen MR) is 25.4 cm³/mol. The van der Waals surface area contributed by atoms with Gasteiger partial charge < -0.3 is 11.3 Å². The third-order valence-corrected chi connectivity index (χ3v) is 0.430. The molecule has 0 aromatic carbocycles. The Morgan fingerprint density at radius 3 is 2.50 bits per heavy atom. The minimum absolute atomic E-state index is 0. The Kier molecular flexibility index (Phi) is 10.1. The maximum absolute atomic E-state index is 9.54. The Labute approximate surface area is 71.8 Å². The standard InChI is InChI=1S/C4H8O3.Na.H/c1-2-3-7-4(5)6;;/h2-3H2,1H3,(H,5,6);;/q;+1;-1. The van der Waals surface area contributed by atoms with Gasteiger partial charge in [0.15, 0.2) is 0 Å². The second-order valence-electron chi connectivity index (χ2n) is 1.11. The average molecular weight is 128 g/mol. The van der Waals surface area contributed by atoms with Crippen molar-refractivity contribution in [1.29, 1.82) is 0 Å². The number of carbonyl (C=O) groups is 1. The molecular weight excluding hydrogens is 119 g/mol. The van der Waals surface area contributed by atoms with Crippen LogP contribution < -0.4 is 29.6 Å². The van der Waals surface area contributed by atoms with Crippen molar-refractivity contribution >= 4 is 6.16 Å². The van der Waals surface area contributed by atoms with E-state index in [2.05, 4.69) is 4.74 Å². The van der Waals surface area contributed by atoms with Gasteiger partial charge in [0.2, 0.25) is 0 Å². The van der Waals surface area contributed by atoms with Gasteiger partial charge in [-0.3, -0.25) is 0 Å². The molecule has 0 rings (SSSR count). The van der Waals surface area contributed by atoms with Crippen LogP contribution in [0.15, 0.2) is 0 Å². The van der Waals surface area contributed by atoms with Gasteiger partial charge in [-0.25, -0.2) is 4.79 Å². The molecule has 0 aliphatic carbocycles. The summed E-state index contributed by atoms with van der Waals surface area (Å²) in [7, 11) is 0. The van der Waals surface area contributed by atoms with Crippen molar-refractivity contribution in [2.24, 2.45) is 0 Å². The van der Waals surface area contributed by atoms with E-state index in [4.69, 9.17) is 5.11 Å². The van der Waals surface area contributed by atoms with Crippen molar-refractivity contribution in [3.05, 3.63) is 0 Å². The van der Waals surface area contributed by atoms with Gasteiger partial charge in [0.1, 0.15) is 0 Å². The molecule has 8 heavy (non-hydrogen) atoms. The summed E-state index contributed by atoms with van der Waals surface area (Å²) in [4.78, 5) is 9.54. The average Bonchev–Trinajstić information content (AvgIpc) is 1.61. The summed E-state index contributed by atoms with van der Waals surface area (Å²) in [6, 6.07) is 0. The van der Waals surface area contributed by atoms with Crippen LogP contribution in [-0.2, 0) is 4.74 Å². The summed E-state index contributed by atoms with van der Waals surface area (Å²) < 4.78 is 4.11. The fraction of sp³-hybridized carbons (Fsp3) is 0.750. The Morgan fingerprint density at radius 2 is 2.38 bits per heavy atom. The number of rotatable bonds is 2. The molecule has 4 heteroatoms. The van der Waals surface area contributed by atoms with Crippen LogP contribution in [0.4, 0.5) is 4.79 Å². The molecule has 3 nitrogen and oxygen atoms in total. The van der Waals surface area contributed by atoms with Crippen LogP contribution in [0.2, 0.25) is 0 Å². The predicted octanol–water partition coefficient (Wildman–Crippen LogP) is -1.79. The van der Waals surface area contributed by atoms with Gasteiger partial charge in [0, 0.05) is 0 Å². The molecule has 0 aromatic rings. The summed E-state index contributed by atoms with van der Waals surface area (Å²) in [6.45, 7) is 2.15. The van der Waals surface area contributed by atoms with E-state index in [0.29, 0.717) is 6.61 Å². The molecule has 0 aromatic heterocycles.